The van der Waals surface area contributed by atoms with Crippen LogP contribution in [0.15, 0.2) is 70.6 Å². The van der Waals surface area contributed by atoms with Gasteiger partial charge in [-0.3, -0.25) is 4.99 Å². The van der Waals surface area contributed by atoms with Crippen molar-refractivity contribution in [3.05, 3.63) is 71.9 Å². The highest BCUT2D eigenvalue weighted by atomic mass is 32.2. The number of para-hydroxylation sites is 1. The summed E-state index contributed by atoms with van der Waals surface area (Å²) in [4.78, 5) is 9.64. The zero-order valence-electron chi connectivity index (χ0n) is 16.5. The Kier molecular flexibility index (Phi) is 5.74. The van der Waals surface area contributed by atoms with E-state index in [1.165, 1.54) is 0 Å². The number of rotatable bonds is 5. The molecule has 0 bridgehead atoms. The van der Waals surface area contributed by atoms with E-state index in [9.17, 15) is 8.42 Å². The molecule has 0 spiro atoms. The predicted octanol–water partition coefficient (Wildman–Crippen LogP) is 4.25. The molecule has 150 valence electrons. The first-order chi connectivity index (χ1) is 14.0. The average molecular weight is 408 g/mol. The van der Waals surface area contributed by atoms with Crippen molar-refractivity contribution in [2.24, 2.45) is 4.99 Å². The van der Waals surface area contributed by atoms with Gasteiger partial charge in [0.25, 0.3) is 0 Å². The number of aliphatic imine (C=N–C) groups is 1. The first kappa shape index (κ1) is 19.7. The second kappa shape index (κ2) is 8.43. The molecule has 0 radical (unpaired) electrons. The Hall–Kier alpha value is -2.57. The zero-order chi connectivity index (χ0) is 20.3. The summed E-state index contributed by atoms with van der Waals surface area (Å²) in [6.45, 7) is 1.94. The van der Waals surface area contributed by atoms with Crippen LogP contribution in [0.25, 0.3) is 10.9 Å². The van der Waals surface area contributed by atoms with Crippen LogP contribution in [0, 0.1) is 6.92 Å². The fraction of sp³-hybridized carbons (Fsp3) is 0.304. The molecule has 1 saturated carbocycles. The quantitative estimate of drug-likeness (QED) is 0.643. The van der Waals surface area contributed by atoms with Gasteiger partial charge in [0.05, 0.1) is 22.1 Å². The van der Waals surface area contributed by atoms with Gasteiger partial charge in [0.1, 0.15) is 0 Å². The number of fused-ring (bicyclic) bond motifs is 1. The van der Waals surface area contributed by atoms with Gasteiger partial charge in [0.15, 0.2) is 0 Å². The summed E-state index contributed by atoms with van der Waals surface area (Å²) in [5.41, 5.74) is 2.75. The maximum Gasteiger partial charge on any atom is 0.240 e. The highest BCUT2D eigenvalue weighted by Gasteiger charge is 2.29. The van der Waals surface area contributed by atoms with Gasteiger partial charge in [-0.1, -0.05) is 54.8 Å². The molecule has 1 aromatic heterocycles. The summed E-state index contributed by atoms with van der Waals surface area (Å²) in [6.07, 6.45) is 5.48. The summed E-state index contributed by atoms with van der Waals surface area (Å²) in [5.74, 6) is 0. The Morgan fingerprint density at radius 2 is 1.76 bits per heavy atom. The van der Waals surface area contributed by atoms with Gasteiger partial charge < -0.3 is 0 Å². The maximum atomic E-state index is 12.8. The number of hydrogen-bond donors (Lipinski definition) is 1. The Morgan fingerprint density at radius 1 is 1.00 bits per heavy atom. The summed E-state index contributed by atoms with van der Waals surface area (Å²) in [7, 11) is -3.56. The molecule has 2 atom stereocenters. The van der Waals surface area contributed by atoms with Crippen LogP contribution in [0.4, 0.5) is 0 Å². The lowest BCUT2D eigenvalue weighted by Crippen LogP contribution is -2.44. The standard InChI is InChI=1S/C23H25N3O2S/c1-17-10-14-20(15-11-17)29(27,28)26-23-9-5-4-8-22(23)24-16-19-13-12-18-6-2-3-7-21(18)25-19/h2-3,6-7,10-16,22-23,26H,4-5,8-9H2,1H3. The van der Waals surface area contributed by atoms with Gasteiger partial charge in [-0.25, -0.2) is 18.1 Å². The fourth-order valence-corrected chi connectivity index (χ4v) is 5.04. The molecule has 5 nitrogen and oxygen atoms in total. The lowest BCUT2D eigenvalue weighted by atomic mass is 9.91. The van der Waals surface area contributed by atoms with E-state index in [1.54, 1.807) is 18.3 Å². The molecule has 0 aliphatic heterocycles. The number of pyridine rings is 1. The Labute approximate surface area is 172 Å². The van der Waals surface area contributed by atoms with Crippen molar-refractivity contribution in [3.63, 3.8) is 0 Å². The van der Waals surface area contributed by atoms with Crippen molar-refractivity contribution in [2.45, 2.75) is 49.6 Å². The van der Waals surface area contributed by atoms with Gasteiger partial charge in [-0.2, -0.15) is 0 Å². The van der Waals surface area contributed by atoms with E-state index in [-0.39, 0.29) is 12.1 Å². The van der Waals surface area contributed by atoms with Crippen LogP contribution >= 0.6 is 0 Å². The van der Waals surface area contributed by atoms with Gasteiger partial charge in [0.2, 0.25) is 10.0 Å². The molecule has 29 heavy (non-hydrogen) atoms. The summed E-state index contributed by atoms with van der Waals surface area (Å²) >= 11 is 0. The van der Waals surface area contributed by atoms with Crippen LogP contribution in [0.5, 0.6) is 0 Å². The molecule has 3 aromatic rings. The van der Waals surface area contributed by atoms with Crippen molar-refractivity contribution in [1.82, 2.24) is 9.71 Å². The molecule has 0 saturated heterocycles. The van der Waals surface area contributed by atoms with Crippen molar-refractivity contribution in [1.29, 1.82) is 0 Å². The van der Waals surface area contributed by atoms with Crippen molar-refractivity contribution >= 4 is 27.1 Å². The lowest BCUT2D eigenvalue weighted by Gasteiger charge is -2.29. The van der Waals surface area contributed by atoms with E-state index in [0.29, 0.717) is 4.90 Å². The minimum absolute atomic E-state index is 0.0859. The first-order valence-electron chi connectivity index (χ1n) is 9.99. The lowest BCUT2D eigenvalue weighted by molar-refractivity contribution is 0.363. The SMILES string of the molecule is Cc1ccc(S(=O)(=O)NC2CCCCC2N=Cc2ccc3ccccc3n2)cc1. The van der Waals surface area contributed by atoms with Crippen LogP contribution in [-0.2, 0) is 10.0 Å². The molecule has 6 heteroatoms. The van der Waals surface area contributed by atoms with E-state index in [0.717, 1.165) is 47.8 Å². The Bertz CT molecular complexity index is 1120. The third-order valence-electron chi connectivity index (χ3n) is 5.39. The second-order valence-corrected chi connectivity index (χ2v) is 9.31. The number of nitrogens with zero attached hydrogens (tertiary/aromatic N) is 2. The highest BCUT2D eigenvalue weighted by molar-refractivity contribution is 7.89. The van der Waals surface area contributed by atoms with Gasteiger partial charge >= 0.3 is 0 Å². The summed E-state index contributed by atoms with van der Waals surface area (Å²) in [5, 5.41) is 1.09. The van der Waals surface area contributed by atoms with Crippen molar-refractivity contribution in [2.75, 3.05) is 0 Å². The normalized spacial score (nSPS) is 20.3. The minimum atomic E-state index is -3.56. The van der Waals surface area contributed by atoms with E-state index >= 15 is 0 Å². The molecular weight excluding hydrogens is 382 g/mol. The highest BCUT2D eigenvalue weighted by Crippen LogP contribution is 2.23. The maximum absolute atomic E-state index is 12.8. The Morgan fingerprint density at radius 3 is 2.59 bits per heavy atom. The molecular formula is C23H25N3O2S. The molecule has 4 rings (SSSR count). The molecule has 1 heterocycles. The molecule has 2 aromatic carbocycles. The minimum Gasteiger partial charge on any atom is -0.286 e. The number of sulfonamides is 1. The molecule has 1 fully saturated rings. The number of nitrogens with one attached hydrogen (secondary N) is 1. The molecule has 2 unspecified atom stereocenters. The van der Waals surface area contributed by atoms with E-state index in [4.69, 9.17) is 4.99 Å². The number of aryl methyl sites for hydroxylation is 1. The molecule has 1 aliphatic carbocycles. The number of aromatic nitrogens is 1. The second-order valence-electron chi connectivity index (χ2n) is 7.60. The zero-order valence-corrected chi connectivity index (χ0v) is 17.3. The van der Waals surface area contributed by atoms with Crippen molar-refractivity contribution < 1.29 is 8.42 Å². The largest absolute Gasteiger partial charge is 0.286 e. The summed E-state index contributed by atoms with van der Waals surface area (Å²) < 4.78 is 28.5. The number of benzene rings is 2. The third-order valence-corrected chi connectivity index (χ3v) is 6.89. The van der Waals surface area contributed by atoms with Crippen LogP contribution in [0.1, 0.15) is 36.9 Å². The molecule has 1 N–H and O–H groups in total. The van der Waals surface area contributed by atoms with Gasteiger partial charge in [0, 0.05) is 17.6 Å². The molecule has 1 aliphatic rings. The molecule has 0 amide bonds. The average Bonchev–Trinajstić information content (AvgIpc) is 2.73. The first-order valence-corrected chi connectivity index (χ1v) is 11.5. The third kappa shape index (κ3) is 4.71. The van der Waals surface area contributed by atoms with Crippen LogP contribution in [0.2, 0.25) is 0 Å². The predicted molar refractivity (Wildman–Crippen MR) is 117 cm³/mol. The topological polar surface area (TPSA) is 71.4 Å². The smallest absolute Gasteiger partial charge is 0.240 e. The monoisotopic (exact) mass is 407 g/mol. The summed E-state index contributed by atoms with van der Waals surface area (Å²) in [6, 6.07) is 18.6. The van der Waals surface area contributed by atoms with E-state index in [1.807, 2.05) is 55.5 Å². The van der Waals surface area contributed by atoms with E-state index in [2.05, 4.69) is 9.71 Å². The Balaban J connectivity index is 1.52. The van der Waals surface area contributed by atoms with Crippen LogP contribution in [-0.4, -0.2) is 31.7 Å². The van der Waals surface area contributed by atoms with Crippen LogP contribution in [0.3, 0.4) is 0 Å². The fourth-order valence-electron chi connectivity index (χ4n) is 3.74. The number of hydrogen-bond acceptors (Lipinski definition) is 4. The van der Waals surface area contributed by atoms with Gasteiger partial charge in [-0.05, 0) is 44.0 Å². The van der Waals surface area contributed by atoms with Crippen molar-refractivity contribution in [3.8, 4) is 0 Å². The van der Waals surface area contributed by atoms with E-state index < -0.39 is 10.0 Å². The van der Waals surface area contributed by atoms with Gasteiger partial charge in [-0.15, -0.1) is 0 Å². The van der Waals surface area contributed by atoms with Crippen LogP contribution < -0.4 is 4.72 Å².